The second-order valence-electron chi connectivity index (χ2n) is 4.66. The van der Waals surface area contributed by atoms with Crippen molar-refractivity contribution < 1.29 is 9.53 Å². The van der Waals surface area contributed by atoms with Crippen LogP contribution in [0.15, 0.2) is 42.6 Å². The Hall–Kier alpha value is -2.40. The lowest BCUT2D eigenvalue weighted by Gasteiger charge is -2.09. The zero-order valence-electron chi connectivity index (χ0n) is 12.0. The van der Waals surface area contributed by atoms with Crippen LogP contribution in [-0.2, 0) is 11.2 Å². The summed E-state index contributed by atoms with van der Waals surface area (Å²) in [5.41, 5.74) is 7.88. The minimum atomic E-state index is -0.104. The van der Waals surface area contributed by atoms with Gasteiger partial charge in [0.2, 0.25) is 5.91 Å². The molecular weight excluding hydrogens is 266 g/mol. The number of hydrogen-bond acceptors (Lipinski definition) is 4. The molecule has 1 heterocycles. The number of aryl methyl sites for hydroxylation is 1. The second-order valence-corrected chi connectivity index (χ2v) is 4.66. The number of carbonyl (C=O) groups is 1. The van der Waals surface area contributed by atoms with Crippen molar-refractivity contribution in [2.45, 2.75) is 13.3 Å². The Morgan fingerprint density at radius 3 is 2.95 bits per heavy atom. The molecule has 0 aliphatic heterocycles. The van der Waals surface area contributed by atoms with Crippen molar-refractivity contribution in [1.29, 1.82) is 0 Å². The molecule has 110 valence electrons. The van der Waals surface area contributed by atoms with E-state index in [0.717, 1.165) is 11.3 Å². The van der Waals surface area contributed by atoms with Crippen LogP contribution in [0.5, 0.6) is 5.75 Å². The number of hydrogen-bond donors (Lipinski definition) is 2. The van der Waals surface area contributed by atoms with Crippen molar-refractivity contribution >= 4 is 11.6 Å². The van der Waals surface area contributed by atoms with Crippen molar-refractivity contribution in [3.05, 3.63) is 53.9 Å². The number of nitrogens with zero attached hydrogens (tertiary/aromatic N) is 1. The first-order chi connectivity index (χ1) is 10.2. The van der Waals surface area contributed by atoms with Gasteiger partial charge in [0.15, 0.2) is 0 Å². The van der Waals surface area contributed by atoms with Gasteiger partial charge in [-0.25, -0.2) is 0 Å². The molecule has 0 saturated heterocycles. The van der Waals surface area contributed by atoms with E-state index >= 15 is 0 Å². The number of aromatic nitrogens is 1. The maximum absolute atomic E-state index is 12.0. The molecule has 0 spiro atoms. The smallest absolute Gasteiger partial charge is 0.230 e. The number of ether oxygens (including phenoxy) is 1. The first-order valence-electron chi connectivity index (χ1n) is 6.82. The minimum absolute atomic E-state index is 0.104. The van der Waals surface area contributed by atoms with Crippen LogP contribution in [-0.4, -0.2) is 24.0 Å². The molecule has 0 fully saturated rings. The third kappa shape index (κ3) is 4.57. The van der Waals surface area contributed by atoms with Gasteiger partial charge in [0.1, 0.15) is 12.4 Å². The van der Waals surface area contributed by atoms with Gasteiger partial charge < -0.3 is 15.8 Å². The van der Waals surface area contributed by atoms with Gasteiger partial charge in [0, 0.05) is 24.5 Å². The standard InChI is InChI=1S/C16H19N3O2/c1-12-4-3-8-18-15(12)11-16(20)19-13-5-2-6-14(10-13)21-9-7-17/h2-6,8,10H,7,9,11,17H2,1H3,(H,19,20). The number of amides is 1. The molecule has 21 heavy (non-hydrogen) atoms. The number of nitrogens with two attached hydrogens (primary N) is 1. The summed E-state index contributed by atoms with van der Waals surface area (Å²) >= 11 is 0. The van der Waals surface area contributed by atoms with Crippen LogP contribution in [0.3, 0.4) is 0 Å². The van der Waals surface area contributed by atoms with Crippen molar-refractivity contribution in [3.8, 4) is 5.75 Å². The molecule has 1 amide bonds. The second kappa shape index (κ2) is 7.40. The molecule has 3 N–H and O–H groups in total. The Labute approximate surface area is 124 Å². The van der Waals surface area contributed by atoms with E-state index in [1.807, 2.05) is 37.3 Å². The normalized spacial score (nSPS) is 10.2. The summed E-state index contributed by atoms with van der Waals surface area (Å²) in [6.45, 7) is 2.84. The van der Waals surface area contributed by atoms with Crippen LogP contribution in [0.1, 0.15) is 11.3 Å². The molecular formula is C16H19N3O2. The fourth-order valence-electron chi connectivity index (χ4n) is 1.90. The zero-order chi connectivity index (χ0) is 15.1. The van der Waals surface area contributed by atoms with E-state index in [2.05, 4.69) is 10.3 Å². The fourth-order valence-corrected chi connectivity index (χ4v) is 1.90. The molecule has 5 heteroatoms. The molecule has 0 saturated carbocycles. The van der Waals surface area contributed by atoms with Crippen molar-refractivity contribution in [2.24, 2.45) is 5.73 Å². The van der Waals surface area contributed by atoms with Crippen LogP contribution in [0.2, 0.25) is 0 Å². The summed E-state index contributed by atoms with van der Waals surface area (Å²) in [6.07, 6.45) is 1.94. The third-order valence-electron chi connectivity index (χ3n) is 2.95. The predicted molar refractivity (Wildman–Crippen MR) is 82.3 cm³/mol. The average molecular weight is 285 g/mol. The first kappa shape index (κ1) is 15.0. The molecule has 0 aliphatic carbocycles. The van der Waals surface area contributed by atoms with Crippen LogP contribution in [0.25, 0.3) is 0 Å². The Morgan fingerprint density at radius 2 is 2.19 bits per heavy atom. The lowest BCUT2D eigenvalue weighted by Crippen LogP contribution is -2.16. The molecule has 1 aromatic carbocycles. The SMILES string of the molecule is Cc1cccnc1CC(=O)Nc1cccc(OCCN)c1. The van der Waals surface area contributed by atoms with E-state index in [1.54, 1.807) is 12.3 Å². The monoisotopic (exact) mass is 285 g/mol. The zero-order valence-corrected chi connectivity index (χ0v) is 12.0. The van der Waals surface area contributed by atoms with Gasteiger partial charge in [0.25, 0.3) is 0 Å². The molecule has 0 atom stereocenters. The molecule has 2 aromatic rings. The summed E-state index contributed by atoms with van der Waals surface area (Å²) in [7, 11) is 0. The van der Waals surface area contributed by atoms with Crippen LogP contribution in [0, 0.1) is 6.92 Å². The summed E-state index contributed by atoms with van der Waals surface area (Å²) in [5.74, 6) is 0.583. The Bertz CT molecular complexity index is 614. The Kier molecular flexibility index (Phi) is 5.29. The number of nitrogens with one attached hydrogen (secondary N) is 1. The van der Waals surface area contributed by atoms with Gasteiger partial charge in [-0.2, -0.15) is 0 Å². The topological polar surface area (TPSA) is 77.2 Å². The number of benzene rings is 1. The largest absolute Gasteiger partial charge is 0.492 e. The van der Waals surface area contributed by atoms with Gasteiger partial charge in [-0.3, -0.25) is 9.78 Å². The lowest BCUT2D eigenvalue weighted by molar-refractivity contribution is -0.115. The number of pyridine rings is 1. The molecule has 2 rings (SSSR count). The maximum atomic E-state index is 12.0. The van der Waals surface area contributed by atoms with E-state index in [4.69, 9.17) is 10.5 Å². The number of carbonyl (C=O) groups excluding carboxylic acids is 1. The molecule has 0 radical (unpaired) electrons. The van der Waals surface area contributed by atoms with E-state index in [0.29, 0.717) is 24.6 Å². The third-order valence-corrected chi connectivity index (χ3v) is 2.95. The summed E-state index contributed by atoms with van der Waals surface area (Å²) in [4.78, 5) is 16.3. The van der Waals surface area contributed by atoms with E-state index in [-0.39, 0.29) is 12.3 Å². The van der Waals surface area contributed by atoms with Gasteiger partial charge >= 0.3 is 0 Å². The van der Waals surface area contributed by atoms with Gasteiger partial charge in [-0.05, 0) is 30.7 Å². The lowest BCUT2D eigenvalue weighted by atomic mass is 10.1. The summed E-state index contributed by atoms with van der Waals surface area (Å²) in [5, 5.41) is 2.84. The van der Waals surface area contributed by atoms with Crippen LogP contribution >= 0.6 is 0 Å². The van der Waals surface area contributed by atoms with Crippen molar-refractivity contribution in [1.82, 2.24) is 4.98 Å². The highest BCUT2D eigenvalue weighted by molar-refractivity contribution is 5.92. The highest BCUT2D eigenvalue weighted by Crippen LogP contribution is 2.17. The van der Waals surface area contributed by atoms with Crippen LogP contribution < -0.4 is 15.8 Å². The highest BCUT2D eigenvalue weighted by atomic mass is 16.5. The molecule has 0 bridgehead atoms. The average Bonchev–Trinajstić information content (AvgIpc) is 2.48. The van der Waals surface area contributed by atoms with E-state index in [1.165, 1.54) is 0 Å². The number of rotatable bonds is 6. The Morgan fingerprint density at radius 1 is 1.33 bits per heavy atom. The molecule has 1 aromatic heterocycles. The minimum Gasteiger partial charge on any atom is -0.492 e. The molecule has 5 nitrogen and oxygen atoms in total. The maximum Gasteiger partial charge on any atom is 0.230 e. The predicted octanol–water partition coefficient (Wildman–Crippen LogP) is 1.91. The van der Waals surface area contributed by atoms with Gasteiger partial charge in [0.05, 0.1) is 12.1 Å². The van der Waals surface area contributed by atoms with Crippen LogP contribution in [0.4, 0.5) is 5.69 Å². The Balaban J connectivity index is 1.98. The number of anilines is 1. The molecule has 0 unspecified atom stereocenters. The molecule has 0 aliphatic rings. The van der Waals surface area contributed by atoms with Gasteiger partial charge in [-0.1, -0.05) is 12.1 Å². The fraction of sp³-hybridized carbons (Fsp3) is 0.250. The van der Waals surface area contributed by atoms with E-state index < -0.39 is 0 Å². The van der Waals surface area contributed by atoms with Gasteiger partial charge in [-0.15, -0.1) is 0 Å². The summed E-state index contributed by atoms with van der Waals surface area (Å²) < 4.78 is 5.43. The summed E-state index contributed by atoms with van der Waals surface area (Å²) in [6, 6.07) is 11.0. The van der Waals surface area contributed by atoms with Crippen molar-refractivity contribution in [3.63, 3.8) is 0 Å². The first-order valence-corrected chi connectivity index (χ1v) is 6.82. The quantitative estimate of drug-likeness (QED) is 0.850. The van der Waals surface area contributed by atoms with Crippen molar-refractivity contribution in [2.75, 3.05) is 18.5 Å². The highest BCUT2D eigenvalue weighted by Gasteiger charge is 2.07. The van der Waals surface area contributed by atoms with E-state index in [9.17, 15) is 4.79 Å².